The molecular weight excluding hydrogens is 400 g/mol. The third kappa shape index (κ3) is 5.51. The summed E-state index contributed by atoms with van der Waals surface area (Å²) in [4.78, 5) is 28.7. The minimum atomic E-state index is -0.193. The molecule has 0 spiro atoms. The number of aldehydes is 1. The van der Waals surface area contributed by atoms with E-state index in [1.54, 1.807) is 0 Å². The smallest absolute Gasteiger partial charge is 0.313 e. The van der Waals surface area contributed by atoms with Crippen LogP contribution in [0.25, 0.3) is 0 Å². The van der Waals surface area contributed by atoms with Crippen LogP contribution in [0, 0.1) is 5.92 Å². The van der Waals surface area contributed by atoms with Gasteiger partial charge in [0.15, 0.2) is 11.4 Å². The van der Waals surface area contributed by atoms with E-state index in [0.717, 1.165) is 49.8 Å². The highest BCUT2D eigenvalue weighted by atomic mass is 35.5. The molecule has 1 aliphatic rings. The van der Waals surface area contributed by atoms with Crippen molar-refractivity contribution in [2.75, 3.05) is 6.61 Å². The van der Waals surface area contributed by atoms with Gasteiger partial charge in [0.25, 0.3) is 0 Å². The van der Waals surface area contributed by atoms with Crippen LogP contribution in [-0.2, 0) is 22.5 Å². The number of benzene rings is 1. The third-order valence-electron chi connectivity index (χ3n) is 5.96. The molecule has 1 heterocycles. The quantitative estimate of drug-likeness (QED) is 0.264. The number of nitrogens with zero attached hydrogens (tertiary/aromatic N) is 2. The van der Waals surface area contributed by atoms with Crippen LogP contribution in [0.2, 0.25) is 5.15 Å². The number of unbranched alkanes of at least 4 members (excludes halogenated alkanes) is 1. The maximum Gasteiger partial charge on any atom is 0.313 e. The first kappa shape index (κ1) is 22.5. The molecule has 0 N–H and O–H groups in total. The molecule has 5 nitrogen and oxygen atoms in total. The standard InChI is InChI=1S/C24H31ClN2O3/c1-2-3-14-21-26-23(25)20(17-28)27(21)15-9-16-30-24(29)22(19-12-7-8-13-19)18-10-5-4-6-11-18/h4-6,10-11,17,19,22H,2-3,7-9,12-16H2,1H3. The van der Waals surface area contributed by atoms with E-state index in [9.17, 15) is 9.59 Å². The lowest BCUT2D eigenvalue weighted by Crippen LogP contribution is -2.23. The second-order valence-electron chi connectivity index (χ2n) is 8.03. The Bertz CT molecular complexity index is 828. The summed E-state index contributed by atoms with van der Waals surface area (Å²) in [5.74, 6) is 0.846. The second-order valence-corrected chi connectivity index (χ2v) is 8.39. The van der Waals surface area contributed by atoms with Crippen molar-refractivity contribution >= 4 is 23.9 Å². The fourth-order valence-corrected chi connectivity index (χ4v) is 4.65. The molecule has 1 saturated carbocycles. The number of aryl methyl sites for hydroxylation is 1. The highest BCUT2D eigenvalue weighted by Gasteiger charge is 2.33. The average molecular weight is 431 g/mol. The number of aromatic nitrogens is 2. The van der Waals surface area contributed by atoms with E-state index in [1.807, 2.05) is 34.9 Å². The fourth-order valence-electron chi connectivity index (χ4n) is 4.41. The molecule has 1 aromatic carbocycles. The largest absolute Gasteiger partial charge is 0.465 e. The predicted octanol–water partition coefficient (Wildman–Crippen LogP) is 5.60. The Labute approximate surface area is 183 Å². The van der Waals surface area contributed by atoms with Crippen molar-refractivity contribution in [1.29, 1.82) is 0 Å². The van der Waals surface area contributed by atoms with Gasteiger partial charge in [0.2, 0.25) is 0 Å². The van der Waals surface area contributed by atoms with Gasteiger partial charge >= 0.3 is 5.97 Å². The van der Waals surface area contributed by atoms with Crippen molar-refractivity contribution in [3.05, 3.63) is 52.6 Å². The van der Waals surface area contributed by atoms with E-state index >= 15 is 0 Å². The van der Waals surface area contributed by atoms with Crippen molar-refractivity contribution in [1.82, 2.24) is 9.55 Å². The lowest BCUT2D eigenvalue weighted by Gasteiger charge is -2.22. The van der Waals surface area contributed by atoms with Crippen LogP contribution in [0.15, 0.2) is 30.3 Å². The van der Waals surface area contributed by atoms with Crippen LogP contribution < -0.4 is 0 Å². The van der Waals surface area contributed by atoms with Gasteiger partial charge in [-0.2, -0.15) is 0 Å². The third-order valence-corrected chi connectivity index (χ3v) is 6.24. The van der Waals surface area contributed by atoms with Crippen LogP contribution in [0.1, 0.15) is 79.7 Å². The SMILES string of the molecule is CCCCc1nc(Cl)c(C=O)n1CCCOC(=O)C(c1ccccc1)C1CCCC1. The number of hydrogen-bond acceptors (Lipinski definition) is 4. The van der Waals surface area contributed by atoms with E-state index in [0.29, 0.717) is 31.2 Å². The van der Waals surface area contributed by atoms with Gasteiger partial charge in [0.05, 0.1) is 12.5 Å². The van der Waals surface area contributed by atoms with Crippen molar-refractivity contribution < 1.29 is 14.3 Å². The van der Waals surface area contributed by atoms with E-state index in [4.69, 9.17) is 16.3 Å². The molecule has 6 heteroatoms. The highest BCUT2D eigenvalue weighted by molar-refractivity contribution is 6.31. The Morgan fingerprint density at radius 3 is 2.67 bits per heavy atom. The number of carbonyl (C=O) groups is 2. The summed E-state index contributed by atoms with van der Waals surface area (Å²) in [7, 11) is 0. The molecule has 1 aliphatic carbocycles. The molecule has 0 aliphatic heterocycles. The molecule has 1 aromatic heterocycles. The molecule has 1 unspecified atom stereocenters. The monoisotopic (exact) mass is 430 g/mol. The van der Waals surface area contributed by atoms with Crippen LogP contribution in [0.4, 0.5) is 0 Å². The minimum Gasteiger partial charge on any atom is -0.465 e. The van der Waals surface area contributed by atoms with Crippen LogP contribution in [-0.4, -0.2) is 28.4 Å². The topological polar surface area (TPSA) is 61.2 Å². The number of rotatable bonds is 11. The van der Waals surface area contributed by atoms with Gasteiger partial charge in [-0.1, -0.05) is 68.1 Å². The molecule has 3 rings (SSSR count). The van der Waals surface area contributed by atoms with Crippen LogP contribution in [0.3, 0.4) is 0 Å². The first-order chi connectivity index (χ1) is 14.7. The lowest BCUT2D eigenvalue weighted by atomic mass is 9.85. The van der Waals surface area contributed by atoms with Crippen LogP contribution in [0.5, 0.6) is 0 Å². The van der Waals surface area contributed by atoms with E-state index in [2.05, 4.69) is 11.9 Å². The molecule has 1 atom stereocenters. The number of carbonyl (C=O) groups excluding carboxylic acids is 2. The van der Waals surface area contributed by atoms with Crippen molar-refractivity contribution in [3.8, 4) is 0 Å². The molecular formula is C24H31ClN2O3. The fraction of sp³-hybridized carbons (Fsp3) is 0.542. The number of esters is 1. The number of ether oxygens (including phenoxy) is 1. The summed E-state index contributed by atoms with van der Waals surface area (Å²) < 4.78 is 7.57. The summed E-state index contributed by atoms with van der Waals surface area (Å²) >= 11 is 6.13. The summed E-state index contributed by atoms with van der Waals surface area (Å²) in [5, 5.41) is 0.249. The highest BCUT2D eigenvalue weighted by Crippen LogP contribution is 2.38. The van der Waals surface area contributed by atoms with Gasteiger partial charge in [0.1, 0.15) is 11.5 Å². The van der Waals surface area contributed by atoms with Gasteiger partial charge in [0, 0.05) is 13.0 Å². The van der Waals surface area contributed by atoms with Gasteiger partial charge in [-0.15, -0.1) is 0 Å². The Kier molecular flexibility index (Phi) is 8.50. The van der Waals surface area contributed by atoms with Crippen molar-refractivity contribution in [3.63, 3.8) is 0 Å². The summed E-state index contributed by atoms with van der Waals surface area (Å²) in [6, 6.07) is 9.97. The Morgan fingerprint density at radius 2 is 2.00 bits per heavy atom. The van der Waals surface area contributed by atoms with E-state index in [1.165, 1.54) is 12.8 Å². The summed E-state index contributed by atoms with van der Waals surface area (Å²) in [6.45, 7) is 2.98. The molecule has 1 fully saturated rings. The molecule has 30 heavy (non-hydrogen) atoms. The van der Waals surface area contributed by atoms with Gasteiger partial charge in [-0.25, -0.2) is 4.98 Å². The minimum absolute atomic E-state index is 0.140. The Hall–Kier alpha value is -2.14. The molecule has 0 amide bonds. The number of imidazole rings is 1. The van der Waals surface area contributed by atoms with E-state index < -0.39 is 0 Å². The normalized spacial score (nSPS) is 15.3. The molecule has 0 radical (unpaired) electrons. The number of hydrogen-bond donors (Lipinski definition) is 0. The number of halogens is 1. The van der Waals surface area contributed by atoms with Crippen LogP contribution >= 0.6 is 11.6 Å². The zero-order valence-electron chi connectivity index (χ0n) is 17.7. The maximum absolute atomic E-state index is 13.0. The molecule has 0 saturated heterocycles. The molecule has 0 bridgehead atoms. The first-order valence-corrected chi connectivity index (χ1v) is 11.4. The zero-order valence-corrected chi connectivity index (χ0v) is 18.4. The van der Waals surface area contributed by atoms with Gasteiger partial charge in [-0.3, -0.25) is 9.59 Å². The average Bonchev–Trinajstić information content (AvgIpc) is 3.38. The Balaban J connectivity index is 1.60. The first-order valence-electron chi connectivity index (χ1n) is 11.1. The van der Waals surface area contributed by atoms with Crippen molar-refractivity contribution in [2.24, 2.45) is 5.92 Å². The molecule has 2 aromatic rings. The second kappa shape index (κ2) is 11.3. The molecule has 162 valence electrons. The Morgan fingerprint density at radius 1 is 1.27 bits per heavy atom. The summed E-state index contributed by atoms with van der Waals surface area (Å²) in [5.41, 5.74) is 1.45. The zero-order chi connectivity index (χ0) is 21.3. The maximum atomic E-state index is 13.0. The summed E-state index contributed by atoms with van der Waals surface area (Å²) in [6.07, 6.45) is 8.68. The van der Waals surface area contributed by atoms with E-state index in [-0.39, 0.29) is 17.0 Å². The lowest BCUT2D eigenvalue weighted by molar-refractivity contribution is -0.147. The van der Waals surface area contributed by atoms with Crippen molar-refractivity contribution in [2.45, 2.75) is 70.8 Å². The predicted molar refractivity (Wildman–Crippen MR) is 118 cm³/mol. The van der Waals surface area contributed by atoms with Gasteiger partial charge < -0.3 is 9.30 Å². The van der Waals surface area contributed by atoms with Gasteiger partial charge in [-0.05, 0) is 37.2 Å².